The van der Waals surface area contributed by atoms with Gasteiger partial charge in [-0.25, -0.2) is 0 Å². The van der Waals surface area contributed by atoms with Gasteiger partial charge < -0.3 is 9.90 Å². The zero-order valence-electron chi connectivity index (χ0n) is 40.3. The molecule has 3 heteroatoms. The second-order valence-corrected chi connectivity index (χ2v) is 19.3. The Bertz CT molecular complexity index is 1330. The van der Waals surface area contributed by atoms with E-state index >= 15 is 0 Å². The lowest BCUT2D eigenvalue weighted by Gasteiger charge is -2.25. The molecular weight excluding hydrogens is 737 g/mol. The number of unbranched alkanes of at least 4 members (excludes halogenated alkanes) is 9. The zero-order chi connectivity index (χ0) is 43.4. The van der Waals surface area contributed by atoms with E-state index in [0.29, 0.717) is 0 Å². The number of aryl methyl sites for hydroxylation is 9. The summed E-state index contributed by atoms with van der Waals surface area (Å²) in [5.74, 6) is -1.08. The van der Waals surface area contributed by atoms with E-state index < -0.39 is 5.97 Å². The molecule has 0 amide bonds. The molecule has 3 aromatic carbocycles. The van der Waals surface area contributed by atoms with Crippen molar-refractivity contribution >= 4 is 16.9 Å². The Balaban J connectivity index is 0.00000286. The van der Waals surface area contributed by atoms with Crippen LogP contribution in [0.25, 0.3) is 0 Å². The summed E-state index contributed by atoms with van der Waals surface area (Å²) in [5.41, 5.74) is 15.0. The smallest absolute Gasteiger partial charge is 0.172 e. The molecular formula is C56H90O2S. The maximum Gasteiger partial charge on any atom is 0.172 e. The van der Waals surface area contributed by atoms with Crippen LogP contribution in [0.4, 0.5) is 0 Å². The van der Waals surface area contributed by atoms with Crippen LogP contribution in [0.5, 0.6) is 0 Å². The van der Waals surface area contributed by atoms with Crippen LogP contribution in [0.3, 0.4) is 0 Å². The van der Waals surface area contributed by atoms with Crippen molar-refractivity contribution in [2.45, 2.75) is 257 Å². The van der Waals surface area contributed by atoms with E-state index in [1.807, 2.05) is 0 Å². The predicted molar refractivity (Wildman–Crippen MR) is 260 cm³/mol. The van der Waals surface area contributed by atoms with Crippen molar-refractivity contribution in [1.82, 2.24) is 0 Å². The lowest BCUT2D eigenvalue weighted by Crippen LogP contribution is -2.20. The molecule has 0 spiro atoms. The molecule has 0 aromatic heterocycles. The Morgan fingerprint density at radius 1 is 0.356 bits per heavy atom. The van der Waals surface area contributed by atoms with E-state index in [1.54, 1.807) is 64.8 Å². The Morgan fingerprint density at radius 3 is 0.661 bits per heavy atom. The number of benzene rings is 3. The maximum atomic E-state index is 8.89. The molecule has 59 heavy (non-hydrogen) atoms. The van der Waals surface area contributed by atoms with Crippen LogP contribution in [0.15, 0.2) is 51.1 Å². The highest BCUT2D eigenvalue weighted by Gasteiger charge is 2.41. The molecule has 0 atom stereocenters. The van der Waals surface area contributed by atoms with Crippen molar-refractivity contribution in [1.29, 1.82) is 0 Å². The normalized spacial score (nSPS) is 11.3. The number of carbonyl (C=O) groups is 1. The average molecular weight is 827 g/mol. The van der Waals surface area contributed by atoms with E-state index in [2.05, 4.69) is 98.7 Å². The van der Waals surface area contributed by atoms with Crippen LogP contribution in [0.1, 0.15) is 235 Å². The lowest BCUT2D eigenvalue weighted by atomic mass is 9.95. The molecule has 3 rings (SSSR count). The fourth-order valence-corrected chi connectivity index (χ4v) is 11.6. The quantitative estimate of drug-likeness (QED) is 0.0628. The SMILES string of the molecule is CC(=O)[O-].CCCCc1cc(CCCC)c([S+](c2c(CCCC)cc(CCCC)cc2CCCC)c2c(CCCC)cc(CCCC)cc2CCCC)c(CCCC)c1. The molecule has 332 valence electrons. The van der Waals surface area contributed by atoms with Gasteiger partial charge in [-0.2, -0.15) is 0 Å². The minimum Gasteiger partial charge on any atom is -0.550 e. The minimum atomic E-state index is -1.08. The van der Waals surface area contributed by atoms with Gasteiger partial charge in [0.05, 0.1) is 0 Å². The molecule has 0 fully saturated rings. The molecule has 0 heterocycles. The highest BCUT2D eigenvalue weighted by Crippen LogP contribution is 2.45. The maximum absolute atomic E-state index is 8.89. The first-order chi connectivity index (χ1) is 28.7. The van der Waals surface area contributed by atoms with Crippen LogP contribution in [0.2, 0.25) is 0 Å². The van der Waals surface area contributed by atoms with Gasteiger partial charge in [0, 0.05) is 39.4 Å². The van der Waals surface area contributed by atoms with Gasteiger partial charge in [-0.3, -0.25) is 0 Å². The van der Waals surface area contributed by atoms with Crippen molar-refractivity contribution in [2.75, 3.05) is 0 Å². The summed E-state index contributed by atoms with van der Waals surface area (Å²) in [6, 6.07) is 16.4. The van der Waals surface area contributed by atoms with E-state index in [4.69, 9.17) is 9.90 Å². The molecule has 3 aromatic rings. The monoisotopic (exact) mass is 827 g/mol. The van der Waals surface area contributed by atoms with Crippen LogP contribution in [0, 0.1) is 0 Å². The fourth-order valence-electron chi connectivity index (χ4n) is 8.47. The van der Waals surface area contributed by atoms with E-state index in [0.717, 1.165) is 6.92 Å². The second-order valence-electron chi connectivity index (χ2n) is 17.5. The number of carboxylic acids is 1. The number of hydrogen-bond donors (Lipinski definition) is 0. The molecule has 0 radical (unpaired) electrons. The van der Waals surface area contributed by atoms with Crippen molar-refractivity contribution in [3.8, 4) is 0 Å². The summed E-state index contributed by atoms with van der Waals surface area (Å²) in [4.78, 5) is 14.2. The molecule has 0 bridgehead atoms. The van der Waals surface area contributed by atoms with Gasteiger partial charge in [0.1, 0.15) is 10.9 Å². The summed E-state index contributed by atoms with van der Waals surface area (Å²) < 4.78 is 0. The third-order valence-corrected chi connectivity index (χ3v) is 14.6. The highest BCUT2D eigenvalue weighted by atomic mass is 32.2. The zero-order valence-corrected chi connectivity index (χ0v) is 41.1. The van der Waals surface area contributed by atoms with Gasteiger partial charge in [0.2, 0.25) is 0 Å². The topological polar surface area (TPSA) is 40.1 Å². The first-order valence-electron chi connectivity index (χ1n) is 25.0. The largest absolute Gasteiger partial charge is 0.550 e. The lowest BCUT2D eigenvalue weighted by molar-refractivity contribution is -0.302. The Hall–Kier alpha value is -2.52. The molecule has 0 saturated carbocycles. The number of rotatable bonds is 30. The van der Waals surface area contributed by atoms with Crippen LogP contribution in [-0.2, 0) is 73.5 Å². The Morgan fingerprint density at radius 2 is 0.508 bits per heavy atom. The molecule has 0 aliphatic rings. The highest BCUT2D eigenvalue weighted by molar-refractivity contribution is 7.97. The summed E-state index contributed by atoms with van der Waals surface area (Å²) >= 11 is 0. The van der Waals surface area contributed by atoms with Crippen molar-refractivity contribution in [2.24, 2.45) is 0 Å². The van der Waals surface area contributed by atoms with Crippen molar-refractivity contribution in [3.05, 3.63) is 86.5 Å². The summed E-state index contributed by atoms with van der Waals surface area (Å²) in [6.07, 6.45) is 33.7. The van der Waals surface area contributed by atoms with Crippen LogP contribution >= 0.6 is 0 Å². The first-order valence-corrected chi connectivity index (χ1v) is 26.3. The Kier molecular flexibility index (Phi) is 28.0. The molecule has 0 aliphatic carbocycles. The molecule has 0 aliphatic heterocycles. The standard InChI is InChI=1S/C54H87S.C2H4O2/c1-10-19-28-43-37-46(31-22-13-4)52(47(38-43)32-23-14-5)55(53-48(33-24-15-6)39-44(29-20-11-2)40-49(53)34-25-16-7)54-50(35-26-17-8)41-45(30-21-12-3)42-51(54)36-27-18-9;1-2(3)4/h37-42H,10-36H2,1-9H3;1H3,(H,3,4)/q+1;/p-1. The third kappa shape index (κ3) is 18.2. The molecule has 0 saturated heterocycles. The van der Waals surface area contributed by atoms with E-state index in [1.165, 1.54) is 173 Å². The van der Waals surface area contributed by atoms with Gasteiger partial charge in [-0.05, 0) is 139 Å². The van der Waals surface area contributed by atoms with Gasteiger partial charge in [-0.15, -0.1) is 0 Å². The van der Waals surface area contributed by atoms with Crippen molar-refractivity contribution in [3.63, 3.8) is 0 Å². The van der Waals surface area contributed by atoms with E-state index in [9.17, 15) is 0 Å². The van der Waals surface area contributed by atoms with Crippen LogP contribution in [-0.4, -0.2) is 5.97 Å². The number of aliphatic carboxylic acids is 1. The fraction of sp³-hybridized carbons (Fsp3) is 0.661. The number of carbonyl (C=O) groups excluding carboxylic acids is 1. The van der Waals surface area contributed by atoms with Crippen LogP contribution < -0.4 is 5.11 Å². The van der Waals surface area contributed by atoms with Gasteiger partial charge in [-0.1, -0.05) is 156 Å². The molecule has 0 N–H and O–H groups in total. The summed E-state index contributed by atoms with van der Waals surface area (Å²) in [7, 11) is -0.147. The van der Waals surface area contributed by atoms with Gasteiger partial charge in [0.25, 0.3) is 0 Å². The molecule has 2 nitrogen and oxygen atoms in total. The van der Waals surface area contributed by atoms with Gasteiger partial charge >= 0.3 is 0 Å². The second kappa shape index (κ2) is 31.3. The summed E-state index contributed by atoms with van der Waals surface area (Å²) in [6.45, 7) is 22.5. The number of hydrogen-bond acceptors (Lipinski definition) is 2. The number of carboxylic acid groups (broad SMARTS) is 1. The average Bonchev–Trinajstić information content (AvgIpc) is 3.23. The third-order valence-electron chi connectivity index (χ3n) is 11.8. The van der Waals surface area contributed by atoms with E-state index in [-0.39, 0.29) is 10.9 Å². The first kappa shape index (κ1) is 52.6. The summed E-state index contributed by atoms with van der Waals surface area (Å²) in [5, 5.41) is 8.89. The van der Waals surface area contributed by atoms with Crippen molar-refractivity contribution < 1.29 is 9.90 Å². The predicted octanol–water partition coefficient (Wildman–Crippen LogP) is 15.6. The van der Waals surface area contributed by atoms with Gasteiger partial charge in [0.15, 0.2) is 14.7 Å². The molecule has 0 unspecified atom stereocenters. The Labute approximate surface area is 368 Å². The minimum absolute atomic E-state index is 0.147.